The van der Waals surface area contributed by atoms with Gasteiger partial charge in [0.2, 0.25) is 0 Å². The Morgan fingerprint density at radius 3 is 2.08 bits per heavy atom. The zero-order valence-corrected chi connectivity index (χ0v) is 8.43. The minimum absolute atomic E-state index is 0.300. The van der Waals surface area contributed by atoms with Gasteiger partial charge in [0.25, 0.3) is 0 Å². The molecule has 3 N–H and O–H groups in total. The van der Waals surface area contributed by atoms with Crippen LogP contribution in [0.15, 0.2) is 0 Å². The van der Waals surface area contributed by atoms with Gasteiger partial charge in [-0.2, -0.15) is 0 Å². The van der Waals surface area contributed by atoms with E-state index < -0.39 is 0 Å². The predicted octanol–water partition coefficient (Wildman–Crippen LogP) is 1.43. The molecule has 72 valence electrons. The summed E-state index contributed by atoms with van der Waals surface area (Å²) in [6, 6.07) is 0.456. The second-order valence-electron chi connectivity index (χ2n) is 3.01. The van der Waals surface area contributed by atoms with Gasteiger partial charge in [0.1, 0.15) is 0 Å². The van der Waals surface area contributed by atoms with Crippen molar-refractivity contribution in [3.63, 3.8) is 0 Å². The number of amidine groups is 1. The van der Waals surface area contributed by atoms with E-state index in [1.807, 2.05) is 0 Å². The Morgan fingerprint density at radius 1 is 1.33 bits per heavy atom. The minimum Gasteiger partial charge on any atom is -0.388 e. The van der Waals surface area contributed by atoms with Crippen LogP contribution >= 0.6 is 0 Å². The molecule has 0 saturated carbocycles. The van der Waals surface area contributed by atoms with Crippen molar-refractivity contribution in [3.8, 4) is 0 Å². The molecule has 0 saturated heterocycles. The molecule has 0 aliphatic carbocycles. The number of nitrogens with one attached hydrogen (secondary N) is 1. The first-order chi connectivity index (χ1) is 5.65. The maximum atomic E-state index is 7.22. The highest BCUT2D eigenvalue weighted by Gasteiger charge is 2.13. The van der Waals surface area contributed by atoms with Gasteiger partial charge in [-0.1, -0.05) is 20.8 Å². The highest BCUT2D eigenvalue weighted by molar-refractivity contribution is 5.77. The third kappa shape index (κ3) is 3.72. The largest absolute Gasteiger partial charge is 0.388 e. The van der Waals surface area contributed by atoms with Crippen LogP contribution in [0.2, 0.25) is 0 Å². The molecular weight excluding hydrogens is 150 g/mol. The Hall–Kier alpha value is -0.570. The van der Waals surface area contributed by atoms with Crippen molar-refractivity contribution in [2.75, 3.05) is 13.1 Å². The fourth-order valence-corrected chi connectivity index (χ4v) is 1.53. The molecule has 0 heterocycles. The Balaban J connectivity index is 4.01. The van der Waals surface area contributed by atoms with Crippen LogP contribution in [0, 0.1) is 5.41 Å². The van der Waals surface area contributed by atoms with E-state index >= 15 is 0 Å². The van der Waals surface area contributed by atoms with Crippen molar-refractivity contribution < 1.29 is 0 Å². The van der Waals surface area contributed by atoms with E-state index in [-0.39, 0.29) is 0 Å². The van der Waals surface area contributed by atoms with Gasteiger partial charge in [0, 0.05) is 12.5 Å². The zero-order valence-electron chi connectivity index (χ0n) is 8.43. The number of rotatable bonds is 6. The molecule has 1 atom stereocenters. The number of hydrogen-bond donors (Lipinski definition) is 2. The van der Waals surface area contributed by atoms with E-state index in [2.05, 4.69) is 25.7 Å². The molecule has 0 fully saturated rings. The molecule has 0 aliphatic rings. The molecule has 0 radical (unpaired) electrons. The van der Waals surface area contributed by atoms with Crippen molar-refractivity contribution in [2.45, 2.75) is 39.7 Å². The van der Waals surface area contributed by atoms with Crippen molar-refractivity contribution >= 4 is 5.84 Å². The third-order valence-corrected chi connectivity index (χ3v) is 2.26. The SMILES string of the molecule is CCC(CC(=N)N)N(CC)CC. The number of hydrogen-bond acceptors (Lipinski definition) is 2. The van der Waals surface area contributed by atoms with E-state index in [0.717, 1.165) is 19.5 Å². The Kier molecular flexibility index (Phi) is 5.72. The van der Waals surface area contributed by atoms with Crippen molar-refractivity contribution in [2.24, 2.45) is 5.73 Å². The maximum absolute atomic E-state index is 7.22. The predicted molar refractivity (Wildman–Crippen MR) is 53.5 cm³/mol. The molecule has 0 rings (SSSR count). The lowest BCUT2D eigenvalue weighted by Gasteiger charge is -2.28. The molecule has 3 nitrogen and oxygen atoms in total. The summed E-state index contributed by atoms with van der Waals surface area (Å²) in [5, 5.41) is 7.22. The summed E-state index contributed by atoms with van der Waals surface area (Å²) in [6.45, 7) is 8.52. The lowest BCUT2D eigenvalue weighted by molar-refractivity contribution is 0.215. The Morgan fingerprint density at radius 2 is 1.83 bits per heavy atom. The zero-order chi connectivity index (χ0) is 9.56. The van der Waals surface area contributed by atoms with Crippen LogP contribution < -0.4 is 5.73 Å². The number of nitrogens with two attached hydrogens (primary N) is 1. The highest BCUT2D eigenvalue weighted by Crippen LogP contribution is 2.07. The fraction of sp³-hybridized carbons (Fsp3) is 0.889. The second-order valence-corrected chi connectivity index (χ2v) is 3.01. The first-order valence-electron chi connectivity index (χ1n) is 4.72. The number of nitrogens with zero attached hydrogens (tertiary/aromatic N) is 1. The summed E-state index contributed by atoms with van der Waals surface area (Å²) in [4.78, 5) is 2.35. The lowest BCUT2D eigenvalue weighted by atomic mass is 10.1. The van der Waals surface area contributed by atoms with Gasteiger partial charge >= 0.3 is 0 Å². The topological polar surface area (TPSA) is 53.1 Å². The van der Waals surface area contributed by atoms with Crippen LogP contribution in [0.4, 0.5) is 0 Å². The molecule has 0 aliphatic heterocycles. The molecule has 0 aromatic carbocycles. The van der Waals surface area contributed by atoms with Gasteiger partial charge in [-0.15, -0.1) is 0 Å². The summed E-state index contributed by atoms with van der Waals surface area (Å²) in [5.74, 6) is 0.300. The normalized spacial score (nSPS) is 13.3. The van der Waals surface area contributed by atoms with Crippen molar-refractivity contribution in [3.05, 3.63) is 0 Å². The molecule has 12 heavy (non-hydrogen) atoms. The van der Waals surface area contributed by atoms with E-state index in [4.69, 9.17) is 11.1 Å². The average molecular weight is 171 g/mol. The summed E-state index contributed by atoms with van der Waals surface area (Å²) < 4.78 is 0. The minimum atomic E-state index is 0.300. The van der Waals surface area contributed by atoms with Crippen molar-refractivity contribution in [1.29, 1.82) is 5.41 Å². The van der Waals surface area contributed by atoms with Gasteiger partial charge in [-0.25, -0.2) is 0 Å². The van der Waals surface area contributed by atoms with Crippen LogP contribution in [0.3, 0.4) is 0 Å². The summed E-state index contributed by atoms with van der Waals surface area (Å²) in [6.07, 6.45) is 1.78. The van der Waals surface area contributed by atoms with Gasteiger partial charge in [-0.3, -0.25) is 5.41 Å². The molecule has 0 aromatic heterocycles. The van der Waals surface area contributed by atoms with Crippen LogP contribution in [-0.4, -0.2) is 29.9 Å². The average Bonchev–Trinajstić information content (AvgIpc) is 2.04. The monoisotopic (exact) mass is 171 g/mol. The maximum Gasteiger partial charge on any atom is 0.0921 e. The van der Waals surface area contributed by atoms with Gasteiger partial charge in [-0.05, 0) is 19.5 Å². The summed E-state index contributed by atoms with van der Waals surface area (Å²) in [7, 11) is 0. The first-order valence-corrected chi connectivity index (χ1v) is 4.72. The van der Waals surface area contributed by atoms with E-state index in [9.17, 15) is 0 Å². The van der Waals surface area contributed by atoms with E-state index in [0.29, 0.717) is 18.3 Å². The molecule has 0 aromatic rings. The van der Waals surface area contributed by atoms with Crippen molar-refractivity contribution in [1.82, 2.24) is 4.90 Å². The Bertz CT molecular complexity index is 130. The Labute approximate surface area is 75.4 Å². The fourth-order valence-electron chi connectivity index (χ4n) is 1.53. The highest BCUT2D eigenvalue weighted by atomic mass is 15.1. The van der Waals surface area contributed by atoms with Crippen LogP contribution in [0.25, 0.3) is 0 Å². The van der Waals surface area contributed by atoms with Crippen LogP contribution in [0.5, 0.6) is 0 Å². The molecular formula is C9H21N3. The van der Waals surface area contributed by atoms with Gasteiger partial charge < -0.3 is 10.6 Å². The molecule has 1 unspecified atom stereocenters. The summed E-state index contributed by atoms with van der Waals surface area (Å²) in [5.41, 5.74) is 5.37. The second kappa shape index (κ2) is 6.00. The van der Waals surface area contributed by atoms with Crippen LogP contribution in [0.1, 0.15) is 33.6 Å². The molecule has 0 amide bonds. The van der Waals surface area contributed by atoms with Gasteiger partial charge in [0.15, 0.2) is 0 Å². The standard InChI is InChI=1S/C9H21N3/c1-4-8(7-9(10)11)12(5-2)6-3/h8H,4-7H2,1-3H3,(H3,10,11). The lowest BCUT2D eigenvalue weighted by Crippen LogP contribution is -2.37. The third-order valence-electron chi connectivity index (χ3n) is 2.26. The molecule has 0 bridgehead atoms. The van der Waals surface area contributed by atoms with E-state index in [1.165, 1.54) is 0 Å². The smallest absolute Gasteiger partial charge is 0.0921 e. The molecule has 0 spiro atoms. The molecule has 3 heteroatoms. The van der Waals surface area contributed by atoms with Crippen LogP contribution in [-0.2, 0) is 0 Å². The first kappa shape index (κ1) is 11.4. The summed E-state index contributed by atoms with van der Waals surface area (Å²) >= 11 is 0. The quantitative estimate of drug-likeness (QED) is 0.469. The van der Waals surface area contributed by atoms with E-state index in [1.54, 1.807) is 0 Å². The van der Waals surface area contributed by atoms with Gasteiger partial charge in [0.05, 0.1) is 5.84 Å².